The van der Waals surface area contributed by atoms with Crippen LogP contribution in [0, 0.1) is 5.92 Å². The van der Waals surface area contributed by atoms with Crippen LogP contribution in [0.4, 0.5) is 0 Å². The number of carbonyl (C=O) groups excluding carboxylic acids is 1. The van der Waals surface area contributed by atoms with Crippen molar-refractivity contribution in [1.82, 2.24) is 24.6 Å². The summed E-state index contributed by atoms with van der Waals surface area (Å²) in [5, 5.41) is 4.52. The van der Waals surface area contributed by atoms with Gasteiger partial charge < -0.3 is 15.4 Å². The lowest BCUT2D eigenvalue weighted by molar-refractivity contribution is 0.100. The van der Waals surface area contributed by atoms with E-state index in [1.807, 2.05) is 44.2 Å². The number of hydrogen-bond donors (Lipinski definition) is 1. The molecular weight excluding hydrogens is 504 g/mol. The summed E-state index contributed by atoms with van der Waals surface area (Å²) in [4.78, 5) is 35.4. The van der Waals surface area contributed by atoms with Crippen LogP contribution in [-0.2, 0) is 6.54 Å². The van der Waals surface area contributed by atoms with E-state index in [-0.39, 0.29) is 12.1 Å². The number of nitrogens with two attached hydrogens (primary N) is 1. The van der Waals surface area contributed by atoms with E-state index in [0.29, 0.717) is 40.9 Å². The summed E-state index contributed by atoms with van der Waals surface area (Å²) in [5.41, 5.74) is 8.55. The van der Waals surface area contributed by atoms with Gasteiger partial charge in [-0.15, -0.1) is 0 Å². The predicted octanol–water partition coefficient (Wildman–Crippen LogP) is 4.26. The second-order valence-corrected chi connectivity index (χ2v) is 9.66. The van der Waals surface area contributed by atoms with Gasteiger partial charge in [-0.2, -0.15) is 5.10 Å². The summed E-state index contributed by atoms with van der Waals surface area (Å²) in [5.74, 6) is 1.29. The van der Waals surface area contributed by atoms with Crippen LogP contribution in [0.25, 0.3) is 22.6 Å². The Balaban J connectivity index is 0.00000181. The highest BCUT2D eigenvalue weighted by Gasteiger charge is 2.17. The zero-order valence-electron chi connectivity index (χ0n) is 23.3. The van der Waals surface area contributed by atoms with E-state index in [0.717, 1.165) is 37.1 Å². The van der Waals surface area contributed by atoms with Crippen molar-refractivity contribution in [2.45, 2.75) is 33.2 Å². The average molecular weight is 541 g/mol. The first-order valence-electron chi connectivity index (χ1n) is 13.7. The molecule has 9 heteroatoms. The maximum Gasteiger partial charge on any atom is 0.267 e. The van der Waals surface area contributed by atoms with Crippen LogP contribution < -0.4 is 16.0 Å². The van der Waals surface area contributed by atoms with Crippen LogP contribution in [-0.4, -0.2) is 57.3 Å². The fourth-order valence-corrected chi connectivity index (χ4v) is 4.51. The molecule has 0 radical (unpaired) electrons. The smallest absolute Gasteiger partial charge is 0.267 e. The van der Waals surface area contributed by atoms with E-state index in [4.69, 9.17) is 10.5 Å². The molecule has 0 spiro atoms. The molecule has 1 saturated heterocycles. The van der Waals surface area contributed by atoms with Crippen molar-refractivity contribution in [2.24, 2.45) is 11.7 Å². The molecule has 2 aromatic carbocycles. The molecule has 2 aromatic heterocycles. The molecule has 0 bridgehead atoms. The van der Waals surface area contributed by atoms with Crippen LogP contribution in [0.15, 0.2) is 77.9 Å². The Bertz CT molecular complexity index is 1480. The van der Waals surface area contributed by atoms with Crippen LogP contribution in [0.5, 0.6) is 5.75 Å². The van der Waals surface area contributed by atoms with Crippen LogP contribution in [0.1, 0.15) is 42.6 Å². The number of hydrogen-bond acceptors (Lipinski definition) is 7. The topological polar surface area (TPSA) is 116 Å². The average Bonchev–Trinajstić information content (AvgIpc) is 2.99. The monoisotopic (exact) mass is 540 g/mol. The predicted molar refractivity (Wildman–Crippen MR) is 156 cm³/mol. The van der Waals surface area contributed by atoms with E-state index < -0.39 is 5.91 Å². The number of carbonyl (C=O) groups is 1. The van der Waals surface area contributed by atoms with Gasteiger partial charge in [-0.05, 0) is 68.7 Å². The van der Waals surface area contributed by atoms with Gasteiger partial charge >= 0.3 is 0 Å². The van der Waals surface area contributed by atoms with Crippen molar-refractivity contribution in [3.05, 3.63) is 94.5 Å². The van der Waals surface area contributed by atoms with Gasteiger partial charge in [-0.1, -0.05) is 44.2 Å². The summed E-state index contributed by atoms with van der Waals surface area (Å²) < 4.78 is 7.34. The molecule has 0 unspecified atom stereocenters. The fraction of sp³-hybridized carbons (Fsp3) is 0.323. The summed E-state index contributed by atoms with van der Waals surface area (Å²) in [6, 6.07) is 17.7. The van der Waals surface area contributed by atoms with Gasteiger partial charge in [0.15, 0.2) is 11.6 Å². The second kappa shape index (κ2) is 13.6. The minimum Gasteiger partial charge on any atom is -0.490 e. The number of piperidine rings is 1. The van der Waals surface area contributed by atoms with Gasteiger partial charge in [0, 0.05) is 22.8 Å². The zero-order valence-corrected chi connectivity index (χ0v) is 23.3. The van der Waals surface area contributed by atoms with Crippen molar-refractivity contribution in [3.8, 4) is 28.4 Å². The van der Waals surface area contributed by atoms with Gasteiger partial charge in [-0.25, -0.2) is 14.6 Å². The molecule has 1 fully saturated rings. The summed E-state index contributed by atoms with van der Waals surface area (Å²) in [6.45, 7) is 7.16. The molecule has 9 nitrogen and oxygen atoms in total. The first-order chi connectivity index (χ1) is 19.4. The molecule has 1 amide bonds. The van der Waals surface area contributed by atoms with Crippen LogP contribution in [0.2, 0.25) is 0 Å². The highest BCUT2D eigenvalue weighted by Crippen LogP contribution is 2.21. The van der Waals surface area contributed by atoms with Crippen molar-refractivity contribution in [2.75, 3.05) is 26.7 Å². The zero-order chi connectivity index (χ0) is 28.5. The van der Waals surface area contributed by atoms with Gasteiger partial charge in [-0.3, -0.25) is 9.59 Å². The molecule has 1 aliphatic heterocycles. The molecule has 0 saturated carbocycles. The summed E-state index contributed by atoms with van der Waals surface area (Å²) >= 11 is 0. The molecular formula is C31H36N6O3. The normalized spacial score (nSPS) is 13.8. The Kier molecular flexibility index (Phi) is 9.75. The van der Waals surface area contributed by atoms with Gasteiger partial charge in [0.1, 0.15) is 0 Å². The van der Waals surface area contributed by atoms with E-state index in [1.54, 1.807) is 36.7 Å². The molecule has 1 aliphatic rings. The van der Waals surface area contributed by atoms with Gasteiger partial charge in [0.05, 0.1) is 31.2 Å². The lowest BCUT2D eigenvalue weighted by Crippen LogP contribution is -2.32. The van der Waals surface area contributed by atoms with Crippen molar-refractivity contribution >= 4 is 5.91 Å². The number of primary amides is 1. The minimum atomic E-state index is -0.518. The maximum absolute atomic E-state index is 12.6. The standard InChI is InChI=1S/C29H30N6O3.C2H6/c1-34-12-10-20(11-13-34)19-38-25-16-31-29(32-17-25)24-7-2-4-21(14-24)18-35-27(36)9-8-26(33-35)22-5-3-6-23(15-22)28(30)37;1-2/h2-9,14-17,20H,10-13,18-19H2,1H3,(H2,30,37);1-2H3. The third-order valence-electron chi connectivity index (χ3n) is 6.78. The lowest BCUT2D eigenvalue weighted by atomic mass is 9.98. The van der Waals surface area contributed by atoms with Crippen LogP contribution in [0.3, 0.4) is 0 Å². The largest absolute Gasteiger partial charge is 0.490 e. The Hall–Kier alpha value is -4.37. The first-order valence-corrected chi connectivity index (χ1v) is 13.7. The molecule has 5 rings (SSSR count). The van der Waals surface area contributed by atoms with E-state index >= 15 is 0 Å². The van der Waals surface area contributed by atoms with Crippen molar-refractivity contribution in [1.29, 1.82) is 0 Å². The van der Waals surface area contributed by atoms with E-state index in [2.05, 4.69) is 27.0 Å². The van der Waals surface area contributed by atoms with E-state index in [9.17, 15) is 9.59 Å². The number of benzene rings is 2. The SMILES string of the molecule is CC.CN1CCC(COc2cnc(-c3cccc(Cn4nc(-c5cccc(C(N)=O)c5)ccc4=O)c3)nc2)CC1. The maximum atomic E-state index is 12.6. The lowest BCUT2D eigenvalue weighted by Gasteiger charge is -2.28. The Labute approximate surface area is 234 Å². The fourth-order valence-electron chi connectivity index (χ4n) is 4.51. The van der Waals surface area contributed by atoms with Crippen LogP contribution >= 0.6 is 0 Å². The number of ether oxygens (including phenoxy) is 1. The number of aromatic nitrogens is 4. The molecule has 208 valence electrons. The Morgan fingerprint density at radius 1 is 0.975 bits per heavy atom. The molecule has 2 N–H and O–H groups in total. The number of likely N-dealkylation sites (tertiary alicyclic amines) is 1. The molecule has 0 atom stereocenters. The molecule has 3 heterocycles. The van der Waals surface area contributed by atoms with Gasteiger partial charge in [0.25, 0.3) is 5.56 Å². The second-order valence-electron chi connectivity index (χ2n) is 9.66. The third kappa shape index (κ3) is 7.39. The third-order valence-corrected chi connectivity index (χ3v) is 6.78. The first kappa shape index (κ1) is 28.6. The quantitative estimate of drug-likeness (QED) is 0.355. The van der Waals surface area contributed by atoms with Gasteiger partial charge in [0.2, 0.25) is 5.91 Å². The van der Waals surface area contributed by atoms with Crippen molar-refractivity contribution in [3.63, 3.8) is 0 Å². The Morgan fingerprint density at radius 3 is 2.40 bits per heavy atom. The Morgan fingerprint density at radius 2 is 1.68 bits per heavy atom. The molecule has 0 aliphatic carbocycles. The highest BCUT2D eigenvalue weighted by molar-refractivity contribution is 5.93. The highest BCUT2D eigenvalue weighted by atomic mass is 16.5. The number of nitrogens with zero attached hydrogens (tertiary/aromatic N) is 5. The summed E-state index contributed by atoms with van der Waals surface area (Å²) in [6.07, 6.45) is 5.70. The summed E-state index contributed by atoms with van der Waals surface area (Å²) in [7, 11) is 2.15. The minimum absolute atomic E-state index is 0.229. The van der Waals surface area contributed by atoms with Crippen molar-refractivity contribution < 1.29 is 9.53 Å². The molecule has 4 aromatic rings. The molecule has 40 heavy (non-hydrogen) atoms. The van der Waals surface area contributed by atoms with E-state index in [1.165, 1.54) is 10.7 Å². The number of rotatable bonds is 8. The number of amides is 1.